The second-order valence-corrected chi connectivity index (χ2v) is 5.83. The Kier molecular flexibility index (Phi) is 3.12. The highest BCUT2D eigenvalue weighted by Crippen LogP contribution is 2.60. The Hall–Kier alpha value is -0.930. The summed E-state index contributed by atoms with van der Waals surface area (Å²) in [5.41, 5.74) is 5.14. The molecule has 18 heavy (non-hydrogen) atoms. The molecule has 0 radical (unpaired) electrons. The zero-order valence-corrected chi connectivity index (χ0v) is 10.8. The van der Waals surface area contributed by atoms with Gasteiger partial charge in [-0.2, -0.15) is 0 Å². The highest BCUT2D eigenvalue weighted by Gasteiger charge is 2.54. The lowest BCUT2D eigenvalue weighted by Gasteiger charge is -2.19. The van der Waals surface area contributed by atoms with E-state index in [0.717, 1.165) is 17.4 Å². The van der Waals surface area contributed by atoms with Crippen LogP contribution in [0.2, 0.25) is 0 Å². The monoisotopic (exact) mass is 248 g/mol. The summed E-state index contributed by atoms with van der Waals surface area (Å²) in [5.74, 6) is 7.93. The molecule has 0 amide bonds. The van der Waals surface area contributed by atoms with Crippen LogP contribution in [0, 0.1) is 30.5 Å². The number of hydrogen-bond donors (Lipinski definition) is 2. The fraction of sp³-hybridized carbons (Fsp3) is 0.600. The van der Waals surface area contributed by atoms with Crippen molar-refractivity contribution >= 4 is 0 Å². The molecule has 0 spiro atoms. The number of fused-ring (bicyclic) bond motifs is 1. The van der Waals surface area contributed by atoms with Crippen LogP contribution in [0.15, 0.2) is 18.2 Å². The number of rotatable bonds is 3. The molecule has 3 rings (SSSR count). The molecule has 0 heterocycles. The molecule has 0 saturated heterocycles. The number of benzene rings is 1. The second-order valence-electron chi connectivity index (χ2n) is 5.83. The van der Waals surface area contributed by atoms with E-state index in [1.165, 1.54) is 31.2 Å². The van der Waals surface area contributed by atoms with Crippen molar-refractivity contribution in [3.63, 3.8) is 0 Å². The van der Waals surface area contributed by atoms with Gasteiger partial charge in [-0.05, 0) is 60.8 Å². The number of nitrogens with two attached hydrogens (primary N) is 1. The maximum absolute atomic E-state index is 13.2. The topological polar surface area (TPSA) is 38.0 Å². The SMILES string of the molecule is Cc1cc(F)ccc1C(NN)C1C2CCCCC21. The molecule has 3 unspecified atom stereocenters. The standard InChI is InChI=1S/C15H21FN2/c1-9-8-10(16)6-7-11(9)15(18-17)14-12-4-2-3-5-13(12)14/h6-8,12-15,18H,2-5,17H2,1H3. The highest BCUT2D eigenvalue weighted by atomic mass is 19.1. The Balaban J connectivity index is 1.84. The van der Waals surface area contributed by atoms with Gasteiger partial charge in [0.05, 0.1) is 0 Å². The summed E-state index contributed by atoms with van der Waals surface area (Å²) in [6.45, 7) is 1.97. The molecular formula is C15H21FN2. The first kappa shape index (κ1) is 12.1. The third-order valence-electron chi connectivity index (χ3n) is 4.85. The minimum absolute atomic E-state index is 0.166. The summed E-state index contributed by atoms with van der Waals surface area (Å²) in [5, 5.41) is 0. The first-order valence-electron chi connectivity index (χ1n) is 6.94. The fourth-order valence-corrected chi connectivity index (χ4v) is 3.94. The zero-order chi connectivity index (χ0) is 12.7. The summed E-state index contributed by atoms with van der Waals surface area (Å²) in [7, 11) is 0. The van der Waals surface area contributed by atoms with Gasteiger partial charge in [-0.1, -0.05) is 18.9 Å². The lowest BCUT2D eigenvalue weighted by molar-refractivity contribution is 0.454. The molecule has 0 aliphatic heterocycles. The van der Waals surface area contributed by atoms with Crippen molar-refractivity contribution in [2.45, 2.75) is 38.6 Å². The minimum atomic E-state index is -0.166. The van der Waals surface area contributed by atoms with Gasteiger partial charge in [0.15, 0.2) is 0 Å². The van der Waals surface area contributed by atoms with Crippen LogP contribution in [0.3, 0.4) is 0 Å². The molecule has 3 heteroatoms. The summed E-state index contributed by atoms with van der Waals surface area (Å²) < 4.78 is 13.2. The number of hydrazine groups is 1. The van der Waals surface area contributed by atoms with E-state index in [-0.39, 0.29) is 11.9 Å². The van der Waals surface area contributed by atoms with Crippen molar-refractivity contribution in [2.75, 3.05) is 0 Å². The molecule has 1 aromatic carbocycles. The predicted octanol–water partition coefficient (Wildman–Crippen LogP) is 3.07. The minimum Gasteiger partial charge on any atom is -0.271 e. The summed E-state index contributed by atoms with van der Waals surface area (Å²) in [6, 6.07) is 5.22. The van der Waals surface area contributed by atoms with Gasteiger partial charge in [-0.3, -0.25) is 11.3 Å². The molecule has 1 aromatic rings. The first-order chi connectivity index (χ1) is 8.72. The lowest BCUT2D eigenvalue weighted by atomic mass is 9.96. The maximum Gasteiger partial charge on any atom is 0.123 e. The van der Waals surface area contributed by atoms with Crippen LogP contribution in [0.25, 0.3) is 0 Å². The van der Waals surface area contributed by atoms with E-state index in [9.17, 15) is 4.39 Å². The third-order valence-corrected chi connectivity index (χ3v) is 4.85. The van der Waals surface area contributed by atoms with E-state index in [1.807, 2.05) is 13.0 Å². The van der Waals surface area contributed by atoms with E-state index in [0.29, 0.717) is 5.92 Å². The number of aryl methyl sites for hydroxylation is 1. The summed E-state index contributed by atoms with van der Waals surface area (Å²) in [6.07, 6.45) is 5.40. The molecule has 0 bridgehead atoms. The Morgan fingerprint density at radius 3 is 2.50 bits per heavy atom. The van der Waals surface area contributed by atoms with Crippen molar-refractivity contribution in [3.05, 3.63) is 35.1 Å². The molecule has 2 fully saturated rings. The van der Waals surface area contributed by atoms with Crippen LogP contribution < -0.4 is 11.3 Å². The molecule has 2 saturated carbocycles. The van der Waals surface area contributed by atoms with Gasteiger partial charge >= 0.3 is 0 Å². The first-order valence-corrected chi connectivity index (χ1v) is 6.94. The van der Waals surface area contributed by atoms with Crippen LogP contribution in [0.5, 0.6) is 0 Å². The van der Waals surface area contributed by atoms with Gasteiger partial charge in [0.1, 0.15) is 5.82 Å². The van der Waals surface area contributed by atoms with Gasteiger partial charge in [0.2, 0.25) is 0 Å². The van der Waals surface area contributed by atoms with E-state index in [1.54, 1.807) is 12.1 Å². The summed E-state index contributed by atoms with van der Waals surface area (Å²) >= 11 is 0. The van der Waals surface area contributed by atoms with E-state index >= 15 is 0 Å². The molecule has 2 nitrogen and oxygen atoms in total. The van der Waals surface area contributed by atoms with Gasteiger partial charge in [0, 0.05) is 6.04 Å². The van der Waals surface area contributed by atoms with Gasteiger partial charge in [-0.15, -0.1) is 0 Å². The van der Waals surface area contributed by atoms with Gasteiger partial charge in [-0.25, -0.2) is 4.39 Å². The average molecular weight is 248 g/mol. The molecule has 3 atom stereocenters. The fourth-order valence-electron chi connectivity index (χ4n) is 3.94. The maximum atomic E-state index is 13.2. The van der Waals surface area contributed by atoms with Crippen molar-refractivity contribution in [1.82, 2.24) is 5.43 Å². The molecule has 2 aliphatic carbocycles. The van der Waals surface area contributed by atoms with Crippen LogP contribution in [0.1, 0.15) is 42.9 Å². The van der Waals surface area contributed by atoms with E-state index < -0.39 is 0 Å². The van der Waals surface area contributed by atoms with Crippen LogP contribution in [0.4, 0.5) is 4.39 Å². The molecular weight excluding hydrogens is 227 g/mol. The molecule has 2 aliphatic rings. The zero-order valence-electron chi connectivity index (χ0n) is 10.8. The Morgan fingerprint density at radius 1 is 1.28 bits per heavy atom. The highest BCUT2D eigenvalue weighted by molar-refractivity contribution is 5.31. The normalized spacial score (nSPS) is 31.8. The Bertz CT molecular complexity index is 434. The Labute approximate surface area is 108 Å². The van der Waals surface area contributed by atoms with Crippen molar-refractivity contribution in [3.8, 4) is 0 Å². The van der Waals surface area contributed by atoms with Gasteiger partial charge in [0.25, 0.3) is 0 Å². The van der Waals surface area contributed by atoms with Crippen molar-refractivity contribution in [2.24, 2.45) is 23.6 Å². The average Bonchev–Trinajstić information content (AvgIpc) is 3.07. The van der Waals surface area contributed by atoms with Crippen molar-refractivity contribution in [1.29, 1.82) is 0 Å². The van der Waals surface area contributed by atoms with Gasteiger partial charge < -0.3 is 0 Å². The van der Waals surface area contributed by atoms with E-state index in [2.05, 4.69) is 5.43 Å². The largest absolute Gasteiger partial charge is 0.271 e. The van der Waals surface area contributed by atoms with Crippen LogP contribution in [-0.4, -0.2) is 0 Å². The van der Waals surface area contributed by atoms with E-state index in [4.69, 9.17) is 5.84 Å². The second kappa shape index (κ2) is 4.63. The quantitative estimate of drug-likeness (QED) is 0.637. The third kappa shape index (κ3) is 1.95. The summed E-state index contributed by atoms with van der Waals surface area (Å²) in [4.78, 5) is 0. The van der Waals surface area contributed by atoms with Crippen molar-refractivity contribution < 1.29 is 4.39 Å². The number of hydrogen-bond acceptors (Lipinski definition) is 2. The predicted molar refractivity (Wildman–Crippen MR) is 70.1 cm³/mol. The lowest BCUT2D eigenvalue weighted by Crippen LogP contribution is -2.31. The molecule has 3 N–H and O–H groups in total. The number of halogens is 1. The molecule has 98 valence electrons. The van der Waals surface area contributed by atoms with Crippen LogP contribution >= 0.6 is 0 Å². The number of nitrogens with one attached hydrogen (secondary N) is 1. The smallest absolute Gasteiger partial charge is 0.123 e. The molecule has 0 aromatic heterocycles. The Morgan fingerprint density at radius 2 is 1.94 bits per heavy atom. The van der Waals surface area contributed by atoms with Crippen LogP contribution in [-0.2, 0) is 0 Å².